The molecule has 0 saturated heterocycles. The molecule has 0 rings (SSSR count). The summed E-state index contributed by atoms with van der Waals surface area (Å²) < 4.78 is 4.59. The summed E-state index contributed by atoms with van der Waals surface area (Å²) in [5.74, 6) is 1.83. The van der Waals surface area contributed by atoms with E-state index in [1.54, 1.807) is 7.05 Å². The molecule has 0 heterocycles. The van der Waals surface area contributed by atoms with Crippen molar-refractivity contribution in [1.29, 1.82) is 0 Å². The molecule has 0 amide bonds. The van der Waals surface area contributed by atoms with Crippen LogP contribution in [-0.2, 0) is 9.53 Å². The van der Waals surface area contributed by atoms with Crippen molar-refractivity contribution in [2.75, 3.05) is 39.3 Å². The average molecular weight is 417 g/mol. The predicted molar refractivity (Wildman–Crippen MR) is 98.3 cm³/mol. The molecular weight excluding hydrogens is 389 g/mol. The summed E-state index contributed by atoms with van der Waals surface area (Å²) in [6.45, 7) is 1.84. The zero-order valence-corrected chi connectivity index (χ0v) is 15.9. The lowest BCUT2D eigenvalue weighted by molar-refractivity contribution is -0.140. The molecule has 0 aromatic carbocycles. The number of guanidine groups is 1. The normalized spacial score (nSPS) is 10.7. The Morgan fingerprint density at radius 2 is 1.80 bits per heavy atom. The molecule has 0 fully saturated rings. The Hall–Kier alpha value is -0.180. The van der Waals surface area contributed by atoms with Crippen LogP contribution in [0.3, 0.4) is 0 Å². The Labute approximate surface area is 144 Å². The van der Waals surface area contributed by atoms with Crippen LogP contribution in [0.4, 0.5) is 0 Å². The molecule has 0 aliphatic heterocycles. The van der Waals surface area contributed by atoms with E-state index in [0.717, 1.165) is 50.5 Å². The zero-order valence-electron chi connectivity index (χ0n) is 12.7. The minimum absolute atomic E-state index is 0. The van der Waals surface area contributed by atoms with Gasteiger partial charge in [0.2, 0.25) is 0 Å². The van der Waals surface area contributed by atoms with Gasteiger partial charge in [-0.2, -0.15) is 11.8 Å². The monoisotopic (exact) mass is 417 g/mol. The topological polar surface area (TPSA) is 62.7 Å². The van der Waals surface area contributed by atoms with Crippen molar-refractivity contribution in [2.45, 2.75) is 32.1 Å². The van der Waals surface area contributed by atoms with Gasteiger partial charge in [0.15, 0.2) is 5.96 Å². The number of ether oxygens (including phenoxy) is 1. The largest absolute Gasteiger partial charge is 0.469 e. The van der Waals surface area contributed by atoms with Crippen molar-refractivity contribution in [1.82, 2.24) is 10.6 Å². The van der Waals surface area contributed by atoms with Crippen LogP contribution in [-0.4, -0.2) is 51.2 Å². The number of rotatable bonds is 10. The van der Waals surface area contributed by atoms with Crippen molar-refractivity contribution in [2.24, 2.45) is 4.99 Å². The van der Waals surface area contributed by atoms with Crippen LogP contribution >= 0.6 is 35.7 Å². The molecule has 0 aromatic rings. The third-order valence-electron chi connectivity index (χ3n) is 2.65. The summed E-state index contributed by atoms with van der Waals surface area (Å²) >= 11 is 1.81. The van der Waals surface area contributed by atoms with Crippen LogP contribution in [0.15, 0.2) is 4.99 Å². The first kappa shape index (κ1) is 22.1. The number of carbonyl (C=O) groups excluding carboxylic acids is 1. The number of methoxy groups -OCH3 is 1. The van der Waals surface area contributed by atoms with Crippen molar-refractivity contribution in [3.8, 4) is 0 Å². The van der Waals surface area contributed by atoms with E-state index >= 15 is 0 Å². The van der Waals surface area contributed by atoms with Crippen LogP contribution in [0.25, 0.3) is 0 Å². The van der Waals surface area contributed by atoms with Crippen LogP contribution in [0.1, 0.15) is 32.1 Å². The first-order chi connectivity index (χ1) is 9.24. The summed E-state index contributed by atoms with van der Waals surface area (Å²) in [6.07, 6.45) is 6.80. The summed E-state index contributed by atoms with van der Waals surface area (Å²) in [5, 5.41) is 6.53. The molecule has 0 saturated carbocycles. The highest BCUT2D eigenvalue weighted by Gasteiger charge is 1.99. The first-order valence-electron chi connectivity index (χ1n) is 6.74. The van der Waals surface area contributed by atoms with Gasteiger partial charge in [-0.1, -0.05) is 12.8 Å². The highest BCUT2D eigenvalue weighted by Crippen LogP contribution is 2.03. The number of carbonyl (C=O) groups is 1. The maximum absolute atomic E-state index is 10.9. The van der Waals surface area contributed by atoms with Gasteiger partial charge in [0.05, 0.1) is 7.11 Å². The zero-order chi connectivity index (χ0) is 14.3. The van der Waals surface area contributed by atoms with Gasteiger partial charge in [0.1, 0.15) is 0 Å². The van der Waals surface area contributed by atoms with Crippen LogP contribution in [0.2, 0.25) is 0 Å². The van der Waals surface area contributed by atoms with Gasteiger partial charge >= 0.3 is 5.97 Å². The number of aliphatic imine (C=N–C) groups is 1. The standard InChI is InChI=1S/C13H27N3O2S.HI/c1-14-13(16-10-11-19-3)15-9-7-5-4-6-8-12(17)18-2;/h4-11H2,1-3H3,(H2,14,15,16);1H. The lowest BCUT2D eigenvalue weighted by atomic mass is 10.1. The van der Waals surface area contributed by atoms with Crippen LogP contribution in [0.5, 0.6) is 0 Å². The lowest BCUT2D eigenvalue weighted by Gasteiger charge is -2.11. The third kappa shape index (κ3) is 14.2. The molecule has 0 bridgehead atoms. The Morgan fingerprint density at radius 3 is 2.40 bits per heavy atom. The number of hydrogen-bond acceptors (Lipinski definition) is 4. The Kier molecular flexibility index (Phi) is 18.7. The summed E-state index contributed by atoms with van der Waals surface area (Å²) in [7, 11) is 3.21. The maximum Gasteiger partial charge on any atom is 0.305 e. The fourth-order valence-electron chi connectivity index (χ4n) is 1.55. The van der Waals surface area contributed by atoms with Gasteiger partial charge in [-0.15, -0.1) is 24.0 Å². The van der Waals surface area contributed by atoms with Crippen molar-refractivity contribution in [3.05, 3.63) is 0 Å². The smallest absolute Gasteiger partial charge is 0.305 e. The fourth-order valence-corrected chi connectivity index (χ4v) is 1.86. The van der Waals surface area contributed by atoms with Crippen molar-refractivity contribution >= 4 is 47.7 Å². The number of nitrogens with one attached hydrogen (secondary N) is 2. The molecule has 0 aromatic heterocycles. The molecular formula is C13H28IN3O2S. The minimum Gasteiger partial charge on any atom is -0.469 e. The number of esters is 1. The second-order valence-corrected chi connectivity index (χ2v) is 5.14. The Balaban J connectivity index is 0. The molecule has 0 spiro atoms. The molecule has 2 N–H and O–H groups in total. The predicted octanol–water partition coefficient (Wildman–Crippen LogP) is 2.26. The van der Waals surface area contributed by atoms with Gasteiger partial charge in [-0.05, 0) is 19.1 Å². The van der Waals surface area contributed by atoms with E-state index in [2.05, 4.69) is 26.6 Å². The van der Waals surface area contributed by atoms with E-state index in [-0.39, 0.29) is 29.9 Å². The number of hydrogen-bond donors (Lipinski definition) is 2. The number of unbranched alkanes of at least 4 members (excludes halogenated alkanes) is 3. The SMILES string of the molecule is CN=C(NCCCCCCC(=O)OC)NCCSC.I. The number of thioether (sulfide) groups is 1. The molecule has 20 heavy (non-hydrogen) atoms. The molecule has 0 aliphatic rings. The van der Waals surface area contributed by atoms with Gasteiger partial charge in [-0.25, -0.2) is 0 Å². The van der Waals surface area contributed by atoms with E-state index in [0.29, 0.717) is 6.42 Å². The molecule has 0 atom stereocenters. The average Bonchev–Trinajstić information content (AvgIpc) is 2.44. The molecule has 5 nitrogen and oxygen atoms in total. The van der Waals surface area contributed by atoms with E-state index in [1.165, 1.54) is 7.11 Å². The van der Waals surface area contributed by atoms with Crippen LogP contribution in [0, 0.1) is 0 Å². The van der Waals surface area contributed by atoms with Crippen LogP contribution < -0.4 is 10.6 Å². The quantitative estimate of drug-likeness (QED) is 0.188. The van der Waals surface area contributed by atoms with E-state index in [4.69, 9.17) is 0 Å². The molecule has 0 aliphatic carbocycles. The van der Waals surface area contributed by atoms with Crippen molar-refractivity contribution in [3.63, 3.8) is 0 Å². The molecule has 120 valence electrons. The van der Waals surface area contributed by atoms with Crippen molar-refractivity contribution < 1.29 is 9.53 Å². The minimum atomic E-state index is -0.114. The van der Waals surface area contributed by atoms with Gasteiger partial charge in [0.25, 0.3) is 0 Å². The second kappa shape index (κ2) is 16.9. The van der Waals surface area contributed by atoms with E-state index in [1.807, 2.05) is 11.8 Å². The van der Waals surface area contributed by atoms with Gasteiger partial charge < -0.3 is 15.4 Å². The summed E-state index contributed by atoms with van der Waals surface area (Å²) in [5.41, 5.74) is 0. The molecule has 7 heteroatoms. The number of halogens is 1. The number of nitrogens with zero attached hydrogens (tertiary/aromatic N) is 1. The second-order valence-electron chi connectivity index (χ2n) is 4.16. The summed E-state index contributed by atoms with van der Waals surface area (Å²) in [6, 6.07) is 0. The summed E-state index contributed by atoms with van der Waals surface area (Å²) in [4.78, 5) is 15.0. The first-order valence-corrected chi connectivity index (χ1v) is 8.14. The van der Waals surface area contributed by atoms with E-state index < -0.39 is 0 Å². The maximum atomic E-state index is 10.9. The highest BCUT2D eigenvalue weighted by atomic mass is 127. The Bertz CT molecular complexity index is 266. The van der Waals surface area contributed by atoms with Gasteiger partial charge in [-0.3, -0.25) is 9.79 Å². The Morgan fingerprint density at radius 1 is 1.15 bits per heavy atom. The third-order valence-corrected chi connectivity index (χ3v) is 3.26. The highest BCUT2D eigenvalue weighted by molar-refractivity contribution is 14.0. The molecule has 0 unspecified atom stereocenters. The fraction of sp³-hybridized carbons (Fsp3) is 0.846. The van der Waals surface area contributed by atoms with Gasteiger partial charge in [0, 0.05) is 32.3 Å². The van der Waals surface area contributed by atoms with E-state index in [9.17, 15) is 4.79 Å². The molecule has 0 radical (unpaired) electrons. The lowest BCUT2D eigenvalue weighted by Crippen LogP contribution is -2.38.